The van der Waals surface area contributed by atoms with E-state index in [4.69, 9.17) is 0 Å². The van der Waals surface area contributed by atoms with E-state index in [1.54, 1.807) is 0 Å². The van der Waals surface area contributed by atoms with Crippen molar-refractivity contribution in [1.82, 2.24) is 24.8 Å². The average Bonchev–Trinajstić information content (AvgIpc) is 2.87. The van der Waals surface area contributed by atoms with Crippen molar-refractivity contribution in [3.05, 3.63) is 27.6 Å². The molecule has 0 aromatic carbocycles. The van der Waals surface area contributed by atoms with Crippen molar-refractivity contribution >= 4 is 28.2 Å². The van der Waals surface area contributed by atoms with Crippen LogP contribution in [0.3, 0.4) is 0 Å². The van der Waals surface area contributed by atoms with Gasteiger partial charge in [0.25, 0.3) is 5.56 Å². The maximum Gasteiger partial charge on any atom is 0.322 e. The number of hydrogen-bond acceptors (Lipinski definition) is 7. The largest absolute Gasteiger partial charge is 0.480 e. The first kappa shape index (κ1) is 13.6. The second kappa shape index (κ2) is 5.22. The lowest BCUT2D eigenvalue weighted by atomic mass is 10.2. The first-order valence-electron chi connectivity index (χ1n) is 6.10. The van der Waals surface area contributed by atoms with E-state index in [1.807, 2.05) is 0 Å². The van der Waals surface area contributed by atoms with E-state index in [-0.39, 0.29) is 31.1 Å². The third-order valence-electron chi connectivity index (χ3n) is 3.17. The summed E-state index contributed by atoms with van der Waals surface area (Å²) >= 11 is 1.21. The Morgan fingerprint density at radius 2 is 2.33 bits per heavy atom. The molecule has 1 atom stereocenters. The van der Waals surface area contributed by atoms with E-state index in [9.17, 15) is 19.5 Å². The number of nitrogens with one attached hydrogen (secondary N) is 1. The van der Waals surface area contributed by atoms with Gasteiger partial charge in [0.1, 0.15) is 11.6 Å². The number of rotatable bonds is 3. The lowest BCUT2D eigenvalue weighted by Gasteiger charge is -2.32. The molecule has 0 spiro atoms. The van der Waals surface area contributed by atoms with Crippen LogP contribution in [0.2, 0.25) is 0 Å². The zero-order chi connectivity index (χ0) is 15.0. The van der Waals surface area contributed by atoms with Gasteiger partial charge in [-0.25, -0.2) is 4.98 Å². The number of hydrogen-bond donors (Lipinski definition) is 2. The van der Waals surface area contributed by atoms with Crippen molar-refractivity contribution in [2.45, 2.75) is 12.6 Å². The molecule has 1 aliphatic rings. The van der Waals surface area contributed by atoms with Crippen LogP contribution in [0.25, 0.3) is 4.96 Å². The van der Waals surface area contributed by atoms with Crippen LogP contribution in [0, 0.1) is 0 Å². The molecule has 1 saturated heterocycles. The van der Waals surface area contributed by atoms with Gasteiger partial charge in [-0.05, 0) is 0 Å². The van der Waals surface area contributed by atoms with Crippen molar-refractivity contribution in [1.29, 1.82) is 0 Å². The van der Waals surface area contributed by atoms with Crippen molar-refractivity contribution in [3.8, 4) is 0 Å². The number of fused-ring (bicyclic) bond motifs is 1. The number of nitrogens with zero attached hydrogens (tertiary/aromatic N) is 4. The molecular formula is C11H11N5O4S. The Kier molecular flexibility index (Phi) is 3.39. The summed E-state index contributed by atoms with van der Waals surface area (Å²) < 4.78 is 1.17. The minimum Gasteiger partial charge on any atom is -0.480 e. The Bertz CT molecular complexity index is 769. The lowest BCUT2D eigenvalue weighted by molar-refractivity contribution is -0.146. The molecule has 110 valence electrons. The first-order chi connectivity index (χ1) is 10.0. The summed E-state index contributed by atoms with van der Waals surface area (Å²) in [5.74, 6) is -1.27. The number of piperazine rings is 1. The second-order valence-electron chi connectivity index (χ2n) is 4.58. The fraction of sp³-hybridized carbons (Fsp3) is 0.364. The molecule has 3 rings (SSSR count). The van der Waals surface area contributed by atoms with Gasteiger partial charge in [0, 0.05) is 19.2 Å². The molecular weight excluding hydrogens is 298 g/mol. The summed E-state index contributed by atoms with van der Waals surface area (Å²) in [5, 5.41) is 15.5. The number of aromatic nitrogens is 3. The summed E-state index contributed by atoms with van der Waals surface area (Å²) in [4.78, 5) is 40.7. The summed E-state index contributed by atoms with van der Waals surface area (Å²) in [7, 11) is 0. The van der Waals surface area contributed by atoms with Crippen LogP contribution in [0.5, 0.6) is 0 Å². The first-order valence-corrected chi connectivity index (χ1v) is 6.98. The van der Waals surface area contributed by atoms with E-state index in [1.165, 1.54) is 32.3 Å². The molecule has 9 nitrogen and oxygen atoms in total. The van der Waals surface area contributed by atoms with E-state index in [0.717, 1.165) is 0 Å². The smallest absolute Gasteiger partial charge is 0.322 e. The highest BCUT2D eigenvalue weighted by Gasteiger charge is 2.32. The number of carboxylic acids is 1. The summed E-state index contributed by atoms with van der Waals surface area (Å²) in [5.41, 5.74) is 1.59. The zero-order valence-electron chi connectivity index (χ0n) is 10.7. The number of carboxylic acid groups (broad SMARTS) is 1. The zero-order valence-corrected chi connectivity index (χ0v) is 11.5. The summed E-state index contributed by atoms with van der Waals surface area (Å²) in [6.07, 6.45) is 0. The van der Waals surface area contributed by atoms with Crippen molar-refractivity contribution < 1.29 is 14.7 Å². The van der Waals surface area contributed by atoms with Crippen molar-refractivity contribution in [2.24, 2.45) is 0 Å². The average molecular weight is 309 g/mol. The summed E-state index contributed by atoms with van der Waals surface area (Å²) in [6, 6.07) is 0.474. The molecule has 1 unspecified atom stereocenters. The van der Waals surface area contributed by atoms with Gasteiger partial charge in [-0.3, -0.25) is 19.3 Å². The lowest BCUT2D eigenvalue weighted by Crippen LogP contribution is -2.57. The molecule has 0 aliphatic carbocycles. The minimum atomic E-state index is -1.02. The molecule has 2 aromatic heterocycles. The van der Waals surface area contributed by atoms with Crippen LogP contribution < -0.4 is 10.9 Å². The molecule has 2 aromatic rings. The van der Waals surface area contributed by atoms with Crippen LogP contribution in [-0.4, -0.2) is 55.6 Å². The Balaban J connectivity index is 1.90. The topological polar surface area (TPSA) is 117 Å². The van der Waals surface area contributed by atoms with Gasteiger partial charge in [0.2, 0.25) is 10.9 Å². The van der Waals surface area contributed by atoms with Crippen molar-refractivity contribution in [2.75, 3.05) is 13.1 Å². The molecule has 0 saturated carbocycles. The molecule has 2 N–H and O–H groups in total. The highest BCUT2D eigenvalue weighted by molar-refractivity contribution is 7.14. The summed E-state index contributed by atoms with van der Waals surface area (Å²) in [6.45, 7) is 0.116. The number of carbonyl (C=O) groups excluding carboxylic acids is 1. The van der Waals surface area contributed by atoms with Crippen LogP contribution in [0.1, 0.15) is 5.69 Å². The van der Waals surface area contributed by atoms with Crippen LogP contribution in [0.4, 0.5) is 0 Å². The Morgan fingerprint density at radius 1 is 1.52 bits per heavy atom. The third kappa shape index (κ3) is 2.62. The molecule has 0 radical (unpaired) electrons. The quantitative estimate of drug-likeness (QED) is 0.711. The fourth-order valence-corrected chi connectivity index (χ4v) is 2.83. The highest BCUT2D eigenvalue weighted by Crippen LogP contribution is 2.11. The maximum absolute atomic E-state index is 11.8. The predicted molar refractivity (Wildman–Crippen MR) is 72.0 cm³/mol. The SMILES string of the molecule is O=C1CN(Cc2cc(=O)n3ncsc3n2)C(C(=O)O)CN1. The number of aliphatic carboxylic acids is 1. The molecule has 1 fully saturated rings. The molecule has 3 heterocycles. The maximum atomic E-state index is 11.8. The number of amides is 1. The molecule has 1 amide bonds. The van der Waals surface area contributed by atoms with Gasteiger partial charge in [0.05, 0.1) is 12.2 Å². The minimum absolute atomic E-state index is 0.0376. The van der Waals surface area contributed by atoms with Gasteiger partial charge < -0.3 is 10.4 Å². The Morgan fingerprint density at radius 3 is 3.10 bits per heavy atom. The van der Waals surface area contributed by atoms with Gasteiger partial charge in [0.15, 0.2) is 0 Å². The predicted octanol–water partition coefficient (Wildman–Crippen LogP) is -1.46. The molecule has 0 bridgehead atoms. The third-order valence-corrected chi connectivity index (χ3v) is 3.84. The second-order valence-corrected chi connectivity index (χ2v) is 5.39. The van der Waals surface area contributed by atoms with Crippen LogP contribution in [-0.2, 0) is 16.1 Å². The Labute approximate surface area is 121 Å². The van der Waals surface area contributed by atoms with Gasteiger partial charge in [-0.2, -0.15) is 9.61 Å². The van der Waals surface area contributed by atoms with Gasteiger partial charge in [-0.1, -0.05) is 11.3 Å². The normalized spacial score (nSPS) is 19.6. The van der Waals surface area contributed by atoms with Gasteiger partial charge >= 0.3 is 5.97 Å². The Hall–Kier alpha value is -2.33. The standard InChI is InChI=1S/C11H11N5O4S/c17-8-4-15(7(2-12-8)10(19)20)3-6-1-9(18)16-11(14-6)21-5-13-16/h1,5,7H,2-4H2,(H,12,17)(H,19,20). The fourth-order valence-electron chi connectivity index (χ4n) is 2.19. The van der Waals surface area contributed by atoms with Crippen LogP contribution >= 0.6 is 11.3 Å². The van der Waals surface area contributed by atoms with Gasteiger partial charge in [-0.15, -0.1) is 0 Å². The van der Waals surface area contributed by atoms with E-state index >= 15 is 0 Å². The molecule has 1 aliphatic heterocycles. The monoisotopic (exact) mass is 309 g/mol. The van der Waals surface area contributed by atoms with Crippen molar-refractivity contribution in [3.63, 3.8) is 0 Å². The van der Waals surface area contributed by atoms with E-state index in [2.05, 4.69) is 15.4 Å². The highest BCUT2D eigenvalue weighted by atomic mass is 32.1. The van der Waals surface area contributed by atoms with E-state index < -0.39 is 12.0 Å². The number of carbonyl (C=O) groups is 2. The molecule has 21 heavy (non-hydrogen) atoms. The van der Waals surface area contributed by atoms with Crippen LogP contribution in [0.15, 0.2) is 16.4 Å². The molecule has 10 heteroatoms. The van der Waals surface area contributed by atoms with E-state index in [0.29, 0.717) is 10.7 Å².